The fraction of sp³-hybridized carbons (Fsp3) is 0.100. The minimum absolute atomic E-state index is 0.00603. The van der Waals surface area contributed by atoms with E-state index in [9.17, 15) is 18.4 Å². The zero-order valence-electron chi connectivity index (χ0n) is 14.6. The number of anilines is 1. The minimum Gasteiger partial charge on any atom is -0.351 e. The number of nitrogens with one attached hydrogen (secondary N) is 2. The van der Waals surface area contributed by atoms with Gasteiger partial charge in [-0.1, -0.05) is 11.6 Å². The van der Waals surface area contributed by atoms with Crippen molar-refractivity contribution in [3.05, 3.63) is 83.1 Å². The molecule has 1 heterocycles. The standard InChI is InChI=1S/C20H16ClF2N3O2/c21-13-3-6-17(18(11-13)26-9-1-2-10-26)25-19(27)7-8-24-20(28)15-5-4-14(22)12-16(15)23/h1-6,9-12H,7-8H2,(H,24,28)(H,25,27). The molecule has 2 aromatic carbocycles. The molecule has 0 unspecified atom stereocenters. The van der Waals surface area contributed by atoms with Crippen molar-refractivity contribution in [2.45, 2.75) is 6.42 Å². The summed E-state index contributed by atoms with van der Waals surface area (Å²) in [5.41, 5.74) is 0.971. The number of hydrogen-bond donors (Lipinski definition) is 2. The number of carbonyl (C=O) groups excluding carboxylic acids is 2. The zero-order valence-corrected chi connectivity index (χ0v) is 15.3. The third kappa shape index (κ3) is 4.75. The predicted molar refractivity (Wildman–Crippen MR) is 103 cm³/mol. The Morgan fingerprint density at radius 3 is 2.50 bits per heavy atom. The second kappa shape index (κ2) is 8.67. The number of benzene rings is 2. The average Bonchev–Trinajstić information content (AvgIpc) is 3.17. The van der Waals surface area contributed by atoms with Crippen molar-refractivity contribution < 1.29 is 18.4 Å². The summed E-state index contributed by atoms with van der Waals surface area (Å²) in [5.74, 6) is -2.78. The molecule has 2 N–H and O–H groups in total. The average molecular weight is 404 g/mol. The van der Waals surface area contributed by atoms with E-state index in [-0.39, 0.29) is 24.4 Å². The lowest BCUT2D eigenvalue weighted by Crippen LogP contribution is -2.28. The minimum atomic E-state index is -0.959. The van der Waals surface area contributed by atoms with Crippen LogP contribution >= 0.6 is 11.6 Å². The Labute approximate surface area is 164 Å². The SMILES string of the molecule is O=C(CCNC(=O)c1ccc(F)cc1F)Nc1ccc(Cl)cc1-n1cccc1. The van der Waals surface area contributed by atoms with Gasteiger partial charge in [-0.25, -0.2) is 8.78 Å². The number of carbonyl (C=O) groups is 2. The molecule has 28 heavy (non-hydrogen) atoms. The molecular formula is C20H16ClF2N3O2. The smallest absolute Gasteiger partial charge is 0.254 e. The molecule has 3 aromatic rings. The Hall–Kier alpha value is -3.19. The molecule has 3 rings (SSSR count). The van der Waals surface area contributed by atoms with Crippen LogP contribution in [-0.4, -0.2) is 22.9 Å². The molecule has 5 nitrogen and oxygen atoms in total. The van der Waals surface area contributed by atoms with Gasteiger partial charge in [0.1, 0.15) is 11.6 Å². The fourth-order valence-electron chi connectivity index (χ4n) is 2.59. The van der Waals surface area contributed by atoms with Crippen LogP contribution in [0.5, 0.6) is 0 Å². The molecule has 2 amide bonds. The van der Waals surface area contributed by atoms with Crippen LogP contribution in [0.15, 0.2) is 60.9 Å². The van der Waals surface area contributed by atoms with E-state index >= 15 is 0 Å². The monoisotopic (exact) mass is 403 g/mol. The van der Waals surface area contributed by atoms with E-state index in [4.69, 9.17) is 11.6 Å². The molecule has 1 aromatic heterocycles. The summed E-state index contributed by atoms with van der Waals surface area (Å²) in [6.07, 6.45) is 3.61. The van der Waals surface area contributed by atoms with E-state index in [1.165, 1.54) is 0 Å². The second-order valence-electron chi connectivity index (χ2n) is 5.93. The van der Waals surface area contributed by atoms with E-state index < -0.39 is 17.5 Å². The molecule has 0 saturated carbocycles. The fourth-order valence-corrected chi connectivity index (χ4v) is 2.76. The van der Waals surface area contributed by atoms with Gasteiger partial charge in [0.05, 0.1) is 16.9 Å². The van der Waals surface area contributed by atoms with E-state index in [0.29, 0.717) is 22.5 Å². The summed E-state index contributed by atoms with van der Waals surface area (Å²) in [6, 6.07) is 11.4. The predicted octanol–water partition coefficient (Wildman–Crippen LogP) is 4.17. The highest BCUT2D eigenvalue weighted by Crippen LogP contribution is 2.24. The Morgan fingerprint density at radius 1 is 1.04 bits per heavy atom. The molecule has 0 fully saturated rings. The molecule has 8 heteroatoms. The van der Waals surface area contributed by atoms with Crippen LogP contribution in [0, 0.1) is 11.6 Å². The Bertz CT molecular complexity index is 1010. The summed E-state index contributed by atoms with van der Waals surface area (Å²) < 4.78 is 28.3. The van der Waals surface area contributed by atoms with E-state index in [1.54, 1.807) is 22.8 Å². The topological polar surface area (TPSA) is 63.1 Å². The zero-order chi connectivity index (χ0) is 20.1. The number of nitrogens with zero attached hydrogens (tertiary/aromatic N) is 1. The molecule has 144 valence electrons. The first kappa shape index (κ1) is 19.6. The van der Waals surface area contributed by atoms with Crippen molar-refractivity contribution in [2.75, 3.05) is 11.9 Å². The number of halogens is 3. The Kier molecular flexibility index (Phi) is 6.06. The largest absolute Gasteiger partial charge is 0.351 e. The molecule has 0 aliphatic heterocycles. The van der Waals surface area contributed by atoms with Gasteiger partial charge in [0, 0.05) is 36.4 Å². The third-order valence-corrected chi connectivity index (χ3v) is 4.16. The van der Waals surface area contributed by atoms with Crippen LogP contribution in [0.4, 0.5) is 14.5 Å². The van der Waals surface area contributed by atoms with E-state index in [1.807, 2.05) is 24.5 Å². The number of rotatable bonds is 6. The van der Waals surface area contributed by atoms with E-state index in [0.717, 1.165) is 12.1 Å². The van der Waals surface area contributed by atoms with Crippen LogP contribution in [0.3, 0.4) is 0 Å². The summed E-state index contributed by atoms with van der Waals surface area (Å²) in [5, 5.41) is 5.73. The van der Waals surface area contributed by atoms with Crippen molar-refractivity contribution >= 4 is 29.1 Å². The first-order chi connectivity index (χ1) is 13.4. The summed E-state index contributed by atoms with van der Waals surface area (Å²) in [6.45, 7) is -0.00603. The highest BCUT2D eigenvalue weighted by atomic mass is 35.5. The van der Waals surface area contributed by atoms with Crippen molar-refractivity contribution in [1.29, 1.82) is 0 Å². The van der Waals surface area contributed by atoms with Crippen molar-refractivity contribution in [3.8, 4) is 5.69 Å². The highest BCUT2D eigenvalue weighted by Gasteiger charge is 2.13. The molecule has 0 spiro atoms. The van der Waals surface area contributed by atoms with Gasteiger partial charge in [-0.15, -0.1) is 0 Å². The number of aromatic nitrogens is 1. The first-order valence-electron chi connectivity index (χ1n) is 8.40. The summed E-state index contributed by atoms with van der Waals surface area (Å²) in [7, 11) is 0. The second-order valence-corrected chi connectivity index (χ2v) is 6.37. The lowest BCUT2D eigenvalue weighted by atomic mass is 10.2. The van der Waals surface area contributed by atoms with Gasteiger partial charge in [0.2, 0.25) is 5.91 Å². The van der Waals surface area contributed by atoms with Gasteiger partial charge < -0.3 is 15.2 Å². The van der Waals surface area contributed by atoms with Gasteiger partial charge in [-0.3, -0.25) is 9.59 Å². The van der Waals surface area contributed by atoms with Gasteiger partial charge in [-0.2, -0.15) is 0 Å². The number of amides is 2. The quantitative estimate of drug-likeness (QED) is 0.649. The summed E-state index contributed by atoms with van der Waals surface area (Å²) >= 11 is 6.04. The van der Waals surface area contributed by atoms with Gasteiger partial charge >= 0.3 is 0 Å². The van der Waals surface area contributed by atoms with Crippen molar-refractivity contribution in [1.82, 2.24) is 9.88 Å². The lowest BCUT2D eigenvalue weighted by Gasteiger charge is -2.13. The maximum Gasteiger partial charge on any atom is 0.254 e. The highest BCUT2D eigenvalue weighted by molar-refractivity contribution is 6.31. The maximum atomic E-state index is 13.6. The van der Waals surface area contributed by atoms with Gasteiger partial charge in [0.25, 0.3) is 5.91 Å². The molecular weight excluding hydrogens is 388 g/mol. The van der Waals surface area contributed by atoms with Crippen LogP contribution < -0.4 is 10.6 Å². The van der Waals surface area contributed by atoms with Gasteiger partial charge in [0.15, 0.2) is 0 Å². The molecule has 0 aliphatic rings. The summed E-state index contributed by atoms with van der Waals surface area (Å²) in [4.78, 5) is 24.2. The van der Waals surface area contributed by atoms with Gasteiger partial charge in [-0.05, 0) is 42.5 Å². The maximum absolute atomic E-state index is 13.6. The van der Waals surface area contributed by atoms with Crippen LogP contribution in [0.2, 0.25) is 5.02 Å². The van der Waals surface area contributed by atoms with Crippen molar-refractivity contribution in [2.24, 2.45) is 0 Å². The Balaban J connectivity index is 1.59. The lowest BCUT2D eigenvalue weighted by molar-refractivity contribution is -0.116. The van der Waals surface area contributed by atoms with Crippen LogP contribution in [-0.2, 0) is 4.79 Å². The van der Waals surface area contributed by atoms with Crippen molar-refractivity contribution in [3.63, 3.8) is 0 Å². The molecule has 0 bridgehead atoms. The van der Waals surface area contributed by atoms with Crippen LogP contribution in [0.1, 0.15) is 16.8 Å². The normalized spacial score (nSPS) is 10.5. The molecule has 0 aliphatic carbocycles. The van der Waals surface area contributed by atoms with E-state index in [2.05, 4.69) is 10.6 Å². The third-order valence-electron chi connectivity index (χ3n) is 3.93. The molecule has 0 saturated heterocycles. The molecule has 0 atom stereocenters. The number of hydrogen-bond acceptors (Lipinski definition) is 2. The molecule has 0 radical (unpaired) electrons. The Morgan fingerprint density at radius 2 is 1.79 bits per heavy atom. The van der Waals surface area contributed by atoms with Crippen LogP contribution in [0.25, 0.3) is 5.69 Å². The first-order valence-corrected chi connectivity index (χ1v) is 8.78.